The van der Waals surface area contributed by atoms with Crippen LogP contribution in [0.3, 0.4) is 0 Å². The Labute approximate surface area is 124 Å². The summed E-state index contributed by atoms with van der Waals surface area (Å²) in [5, 5.41) is 0. The van der Waals surface area contributed by atoms with Crippen molar-refractivity contribution in [3.8, 4) is 0 Å². The van der Waals surface area contributed by atoms with E-state index in [1.807, 2.05) is 0 Å². The van der Waals surface area contributed by atoms with E-state index in [0.29, 0.717) is 23.6 Å². The molecule has 1 fully saturated rings. The topological polar surface area (TPSA) is 67.6 Å². The van der Waals surface area contributed by atoms with Crippen molar-refractivity contribution in [2.45, 2.75) is 19.4 Å². The standard InChI is InChI=1S/C15H22FN3O2/c1-21-10-11-4-6-19(7-5-11)9-13-8-12(15(20)18-17)2-3-14(13)16/h2-3,8,11H,4-7,9-10,17H2,1H3,(H,18,20). The number of ether oxygens (including phenoxy) is 1. The van der Waals surface area contributed by atoms with Crippen molar-refractivity contribution in [1.82, 2.24) is 10.3 Å². The SMILES string of the molecule is COCC1CCN(Cc2cc(C(=O)NN)ccc2F)CC1. The van der Waals surface area contributed by atoms with Crippen LogP contribution < -0.4 is 11.3 Å². The van der Waals surface area contributed by atoms with Gasteiger partial charge in [0.15, 0.2) is 0 Å². The fourth-order valence-corrected chi connectivity index (χ4v) is 2.71. The smallest absolute Gasteiger partial charge is 0.265 e. The van der Waals surface area contributed by atoms with Crippen LogP contribution in [0.1, 0.15) is 28.8 Å². The van der Waals surface area contributed by atoms with Crippen LogP contribution in [0.4, 0.5) is 4.39 Å². The van der Waals surface area contributed by atoms with Gasteiger partial charge in [0.25, 0.3) is 5.91 Å². The second-order valence-corrected chi connectivity index (χ2v) is 5.45. The van der Waals surface area contributed by atoms with Gasteiger partial charge in [-0.05, 0) is 50.0 Å². The molecule has 0 unspecified atom stereocenters. The first-order valence-corrected chi connectivity index (χ1v) is 7.14. The summed E-state index contributed by atoms with van der Waals surface area (Å²) in [6.45, 7) is 3.13. The van der Waals surface area contributed by atoms with E-state index in [9.17, 15) is 9.18 Å². The van der Waals surface area contributed by atoms with E-state index in [-0.39, 0.29) is 5.82 Å². The van der Waals surface area contributed by atoms with Gasteiger partial charge in [0.1, 0.15) is 5.82 Å². The Morgan fingerprint density at radius 2 is 2.19 bits per heavy atom. The van der Waals surface area contributed by atoms with E-state index in [1.54, 1.807) is 13.2 Å². The van der Waals surface area contributed by atoms with E-state index in [2.05, 4.69) is 10.3 Å². The lowest BCUT2D eigenvalue weighted by Crippen LogP contribution is -2.35. The summed E-state index contributed by atoms with van der Waals surface area (Å²) in [4.78, 5) is 13.7. The molecule has 0 bridgehead atoms. The fourth-order valence-electron chi connectivity index (χ4n) is 2.71. The number of carbonyl (C=O) groups is 1. The molecular formula is C15H22FN3O2. The van der Waals surface area contributed by atoms with Crippen LogP contribution in [0.2, 0.25) is 0 Å². The van der Waals surface area contributed by atoms with Crippen LogP contribution >= 0.6 is 0 Å². The zero-order valence-electron chi connectivity index (χ0n) is 12.3. The molecule has 116 valence electrons. The number of hydrazine groups is 1. The van der Waals surface area contributed by atoms with Gasteiger partial charge in [-0.25, -0.2) is 10.2 Å². The Kier molecular flexibility index (Phi) is 5.67. The first-order chi connectivity index (χ1) is 10.1. The monoisotopic (exact) mass is 295 g/mol. The van der Waals surface area contributed by atoms with Gasteiger partial charge in [-0.1, -0.05) is 0 Å². The lowest BCUT2D eigenvalue weighted by Gasteiger charge is -2.31. The Balaban J connectivity index is 1.98. The summed E-state index contributed by atoms with van der Waals surface area (Å²) in [7, 11) is 1.72. The predicted octanol–water partition coefficient (Wildman–Crippen LogP) is 1.29. The van der Waals surface area contributed by atoms with Gasteiger partial charge in [-0.3, -0.25) is 15.1 Å². The third-order valence-corrected chi connectivity index (χ3v) is 3.94. The van der Waals surface area contributed by atoms with Crippen molar-refractivity contribution < 1.29 is 13.9 Å². The van der Waals surface area contributed by atoms with Gasteiger partial charge < -0.3 is 4.74 Å². The van der Waals surface area contributed by atoms with Gasteiger partial charge in [0.05, 0.1) is 0 Å². The second kappa shape index (κ2) is 7.49. The maximum Gasteiger partial charge on any atom is 0.265 e. The van der Waals surface area contributed by atoms with Crippen molar-refractivity contribution >= 4 is 5.91 Å². The molecule has 1 aliphatic rings. The van der Waals surface area contributed by atoms with Crippen molar-refractivity contribution in [3.63, 3.8) is 0 Å². The molecule has 3 N–H and O–H groups in total. The zero-order chi connectivity index (χ0) is 15.2. The summed E-state index contributed by atoms with van der Waals surface area (Å²) < 4.78 is 19.1. The number of rotatable bonds is 5. The Hall–Kier alpha value is -1.50. The Morgan fingerprint density at radius 3 is 2.81 bits per heavy atom. The van der Waals surface area contributed by atoms with Crippen LogP contribution in [0.5, 0.6) is 0 Å². The van der Waals surface area contributed by atoms with E-state index >= 15 is 0 Å². The first kappa shape index (κ1) is 15.9. The van der Waals surface area contributed by atoms with Gasteiger partial charge in [0, 0.05) is 31.4 Å². The van der Waals surface area contributed by atoms with Gasteiger partial charge in [0.2, 0.25) is 0 Å². The van der Waals surface area contributed by atoms with E-state index in [4.69, 9.17) is 10.6 Å². The number of methoxy groups -OCH3 is 1. The highest BCUT2D eigenvalue weighted by molar-refractivity contribution is 5.93. The molecule has 1 aliphatic heterocycles. The number of benzene rings is 1. The summed E-state index contributed by atoms with van der Waals surface area (Å²) in [5.74, 6) is 5.00. The number of likely N-dealkylation sites (tertiary alicyclic amines) is 1. The molecule has 21 heavy (non-hydrogen) atoms. The molecular weight excluding hydrogens is 273 g/mol. The minimum Gasteiger partial charge on any atom is -0.384 e. The third kappa shape index (κ3) is 4.23. The number of nitrogens with zero attached hydrogens (tertiary/aromatic N) is 1. The third-order valence-electron chi connectivity index (χ3n) is 3.94. The van der Waals surface area contributed by atoms with Crippen molar-refractivity contribution in [2.24, 2.45) is 11.8 Å². The number of carbonyl (C=O) groups excluding carboxylic acids is 1. The highest BCUT2D eigenvalue weighted by Gasteiger charge is 2.20. The van der Waals surface area contributed by atoms with Crippen LogP contribution in [-0.2, 0) is 11.3 Å². The number of hydrogen-bond donors (Lipinski definition) is 2. The molecule has 0 atom stereocenters. The molecule has 1 saturated heterocycles. The van der Waals surface area contributed by atoms with E-state index in [0.717, 1.165) is 32.5 Å². The zero-order valence-corrected chi connectivity index (χ0v) is 12.3. The minimum absolute atomic E-state index is 0.289. The lowest BCUT2D eigenvalue weighted by atomic mass is 9.97. The number of nitrogens with two attached hydrogens (primary N) is 1. The normalized spacial score (nSPS) is 16.9. The molecule has 0 aromatic heterocycles. The highest BCUT2D eigenvalue weighted by Crippen LogP contribution is 2.20. The van der Waals surface area contributed by atoms with E-state index in [1.165, 1.54) is 12.1 Å². The van der Waals surface area contributed by atoms with Gasteiger partial charge in [-0.2, -0.15) is 0 Å². The van der Waals surface area contributed by atoms with Crippen molar-refractivity contribution in [3.05, 3.63) is 35.1 Å². The largest absolute Gasteiger partial charge is 0.384 e. The molecule has 0 aliphatic carbocycles. The van der Waals surface area contributed by atoms with Crippen LogP contribution in [0, 0.1) is 11.7 Å². The Morgan fingerprint density at radius 1 is 1.48 bits per heavy atom. The minimum atomic E-state index is -0.407. The molecule has 1 amide bonds. The summed E-state index contributed by atoms with van der Waals surface area (Å²) >= 11 is 0. The number of nitrogen functional groups attached to an aromatic ring is 1. The van der Waals surface area contributed by atoms with Crippen LogP contribution in [0.25, 0.3) is 0 Å². The summed E-state index contributed by atoms with van der Waals surface area (Å²) in [5.41, 5.74) is 2.97. The molecule has 6 heteroatoms. The fraction of sp³-hybridized carbons (Fsp3) is 0.533. The Bertz CT molecular complexity index is 488. The average Bonchev–Trinajstić information content (AvgIpc) is 2.51. The molecule has 5 nitrogen and oxygen atoms in total. The van der Waals surface area contributed by atoms with E-state index < -0.39 is 5.91 Å². The van der Waals surface area contributed by atoms with Crippen LogP contribution in [0.15, 0.2) is 18.2 Å². The maximum absolute atomic E-state index is 13.9. The van der Waals surface area contributed by atoms with Gasteiger partial charge >= 0.3 is 0 Å². The second-order valence-electron chi connectivity index (χ2n) is 5.45. The molecule has 0 radical (unpaired) electrons. The molecule has 1 heterocycles. The average molecular weight is 295 g/mol. The summed E-state index contributed by atoms with van der Waals surface area (Å²) in [6.07, 6.45) is 2.11. The molecule has 1 aromatic rings. The summed E-state index contributed by atoms with van der Waals surface area (Å²) in [6, 6.07) is 4.32. The maximum atomic E-state index is 13.9. The number of halogens is 1. The van der Waals surface area contributed by atoms with Gasteiger partial charge in [-0.15, -0.1) is 0 Å². The first-order valence-electron chi connectivity index (χ1n) is 7.14. The molecule has 1 aromatic carbocycles. The quantitative estimate of drug-likeness (QED) is 0.488. The predicted molar refractivity (Wildman–Crippen MR) is 77.9 cm³/mol. The number of amides is 1. The number of piperidine rings is 1. The van der Waals surface area contributed by atoms with Crippen LogP contribution in [-0.4, -0.2) is 37.6 Å². The highest BCUT2D eigenvalue weighted by atomic mass is 19.1. The molecule has 0 saturated carbocycles. The number of hydrogen-bond acceptors (Lipinski definition) is 4. The van der Waals surface area contributed by atoms with Crippen molar-refractivity contribution in [2.75, 3.05) is 26.8 Å². The lowest BCUT2D eigenvalue weighted by molar-refractivity contribution is 0.0948. The van der Waals surface area contributed by atoms with Crippen molar-refractivity contribution in [1.29, 1.82) is 0 Å². The molecule has 2 rings (SSSR count). The molecule has 0 spiro atoms. The number of nitrogens with one attached hydrogen (secondary N) is 1.